The van der Waals surface area contributed by atoms with Crippen molar-refractivity contribution in [2.75, 3.05) is 13.1 Å². The molecule has 2 nitrogen and oxygen atoms in total. The number of hydrogen-bond acceptors (Lipinski definition) is 2. The number of nitrogens with zero attached hydrogens (tertiary/aromatic N) is 1. The number of halogens is 2. The molecule has 68 valence electrons. The zero-order valence-electron chi connectivity index (χ0n) is 6.82. The van der Waals surface area contributed by atoms with E-state index in [1.165, 1.54) is 0 Å². The van der Waals surface area contributed by atoms with Gasteiger partial charge in [0.2, 0.25) is 6.43 Å². The van der Waals surface area contributed by atoms with Gasteiger partial charge in [-0.25, -0.2) is 8.78 Å². The summed E-state index contributed by atoms with van der Waals surface area (Å²) in [6.45, 7) is 1.25. The van der Waals surface area contributed by atoms with Crippen molar-refractivity contribution < 1.29 is 8.78 Å². The maximum Gasteiger partial charge on any atom is 0.240 e. The van der Waals surface area contributed by atoms with Crippen LogP contribution in [0, 0.1) is 16.7 Å². The Hall–Kier alpha value is -0.690. The molecule has 1 atom stereocenters. The molecule has 1 N–H and O–H groups in total. The van der Waals surface area contributed by atoms with Crippen LogP contribution in [0.4, 0.5) is 8.78 Å². The Kier molecular flexibility index (Phi) is 2.99. The van der Waals surface area contributed by atoms with E-state index in [2.05, 4.69) is 5.32 Å². The largest absolute Gasteiger partial charge is 0.315 e. The molecule has 0 aromatic carbocycles. The molecular formula is C8H12F2N2. The summed E-state index contributed by atoms with van der Waals surface area (Å²) in [5, 5.41) is 11.7. The van der Waals surface area contributed by atoms with E-state index < -0.39 is 11.8 Å². The molecule has 1 saturated heterocycles. The van der Waals surface area contributed by atoms with Gasteiger partial charge in [0.05, 0.1) is 11.5 Å². The first-order chi connectivity index (χ1) is 5.68. The Labute approximate surface area is 70.6 Å². The molecule has 12 heavy (non-hydrogen) atoms. The highest BCUT2D eigenvalue weighted by atomic mass is 19.3. The van der Waals surface area contributed by atoms with Gasteiger partial charge in [0, 0.05) is 13.0 Å². The maximum atomic E-state index is 12.1. The summed E-state index contributed by atoms with van der Waals surface area (Å²) in [5.74, 6) is 0. The van der Waals surface area contributed by atoms with E-state index in [1.807, 2.05) is 6.07 Å². The minimum atomic E-state index is -2.37. The van der Waals surface area contributed by atoms with Crippen LogP contribution in [0.2, 0.25) is 0 Å². The number of rotatable bonds is 2. The molecule has 0 spiro atoms. The van der Waals surface area contributed by atoms with Crippen molar-refractivity contribution in [2.24, 2.45) is 5.41 Å². The molecule has 0 aliphatic carbocycles. The standard InChI is InChI=1S/C8H12F2N2/c9-7(10)4-8(5-11)2-1-3-12-6-8/h7,12H,1-4,6H2. The first-order valence-corrected chi connectivity index (χ1v) is 4.09. The first-order valence-electron chi connectivity index (χ1n) is 4.09. The van der Waals surface area contributed by atoms with Crippen molar-refractivity contribution in [3.05, 3.63) is 0 Å². The zero-order valence-corrected chi connectivity index (χ0v) is 6.82. The molecule has 0 aromatic heterocycles. The van der Waals surface area contributed by atoms with Crippen molar-refractivity contribution in [1.29, 1.82) is 5.26 Å². The molecule has 0 saturated carbocycles. The molecule has 0 aromatic rings. The topological polar surface area (TPSA) is 35.8 Å². The van der Waals surface area contributed by atoms with Crippen LogP contribution in [0.3, 0.4) is 0 Å². The molecule has 1 heterocycles. The lowest BCUT2D eigenvalue weighted by Gasteiger charge is -2.30. The fourth-order valence-corrected chi connectivity index (χ4v) is 1.58. The van der Waals surface area contributed by atoms with Crippen molar-refractivity contribution in [2.45, 2.75) is 25.7 Å². The normalized spacial score (nSPS) is 30.2. The second kappa shape index (κ2) is 3.81. The number of hydrogen-bond donors (Lipinski definition) is 1. The van der Waals surface area contributed by atoms with Crippen LogP contribution in [-0.2, 0) is 0 Å². The van der Waals surface area contributed by atoms with Gasteiger partial charge in [0.25, 0.3) is 0 Å². The minimum absolute atomic E-state index is 0.295. The van der Waals surface area contributed by atoms with Crippen LogP contribution in [-0.4, -0.2) is 19.5 Å². The Bertz CT molecular complexity index is 180. The summed E-state index contributed by atoms with van der Waals surface area (Å²) in [5.41, 5.74) is -0.813. The van der Waals surface area contributed by atoms with E-state index >= 15 is 0 Å². The molecule has 0 amide bonds. The Morgan fingerprint density at radius 1 is 1.58 bits per heavy atom. The highest BCUT2D eigenvalue weighted by Gasteiger charge is 2.34. The smallest absolute Gasteiger partial charge is 0.240 e. The van der Waals surface area contributed by atoms with Crippen molar-refractivity contribution in [1.82, 2.24) is 5.32 Å². The molecule has 1 unspecified atom stereocenters. The van der Waals surface area contributed by atoms with E-state index in [4.69, 9.17) is 5.26 Å². The molecular weight excluding hydrogens is 162 g/mol. The lowest BCUT2D eigenvalue weighted by Crippen LogP contribution is -2.40. The van der Waals surface area contributed by atoms with Crippen LogP contribution < -0.4 is 5.32 Å². The molecule has 1 rings (SSSR count). The third-order valence-electron chi connectivity index (χ3n) is 2.25. The summed E-state index contributed by atoms with van der Waals surface area (Å²) >= 11 is 0. The van der Waals surface area contributed by atoms with Gasteiger partial charge in [-0.2, -0.15) is 5.26 Å². The Morgan fingerprint density at radius 2 is 2.33 bits per heavy atom. The SMILES string of the molecule is N#CC1(CC(F)F)CCCNC1. The number of piperidine rings is 1. The average molecular weight is 174 g/mol. The first kappa shape index (κ1) is 9.40. The van der Waals surface area contributed by atoms with E-state index in [9.17, 15) is 8.78 Å². The van der Waals surface area contributed by atoms with Gasteiger partial charge in [-0.15, -0.1) is 0 Å². The van der Waals surface area contributed by atoms with Gasteiger partial charge in [0.1, 0.15) is 0 Å². The Balaban J connectivity index is 2.55. The van der Waals surface area contributed by atoms with Crippen LogP contribution in [0.15, 0.2) is 0 Å². The zero-order chi connectivity index (χ0) is 9.03. The highest BCUT2D eigenvalue weighted by Crippen LogP contribution is 2.31. The molecule has 0 radical (unpaired) electrons. The fourth-order valence-electron chi connectivity index (χ4n) is 1.58. The molecule has 0 bridgehead atoms. The summed E-state index contributed by atoms with van der Waals surface area (Å²) in [7, 11) is 0. The summed E-state index contributed by atoms with van der Waals surface area (Å²) < 4.78 is 24.1. The second-order valence-corrected chi connectivity index (χ2v) is 3.27. The highest BCUT2D eigenvalue weighted by molar-refractivity contribution is 5.02. The summed E-state index contributed by atoms with van der Waals surface area (Å²) in [6.07, 6.45) is -1.25. The van der Waals surface area contributed by atoms with E-state index in [1.54, 1.807) is 0 Å². The van der Waals surface area contributed by atoms with Gasteiger partial charge in [-0.05, 0) is 19.4 Å². The van der Waals surface area contributed by atoms with Gasteiger partial charge in [0.15, 0.2) is 0 Å². The van der Waals surface area contributed by atoms with E-state index in [-0.39, 0.29) is 6.42 Å². The van der Waals surface area contributed by atoms with E-state index in [0.29, 0.717) is 13.0 Å². The van der Waals surface area contributed by atoms with Crippen molar-refractivity contribution >= 4 is 0 Å². The molecule has 4 heteroatoms. The van der Waals surface area contributed by atoms with Crippen molar-refractivity contribution in [3.63, 3.8) is 0 Å². The Morgan fingerprint density at radius 3 is 2.75 bits per heavy atom. The van der Waals surface area contributed by atoms with Crippen molar-refractivity contribution in [3.8, 4) is 6.07 Å². The van der Waals surface area contributed by atoms with E-state index in [0.717, 1.165) is 13.0 Å². The number of alkyl halides is 2. The lowest BCUT2D eigenvalue weighted by molar-refractivity contribution is 0.0832. The predicted molar refractivity (Wildman–Crippen MR) is 40.8 cm³/mol. The molecule has 1 fully saturated rings. The average Bonchev–Trinajstić information content (AvgIpc) is 2.05. The number of nitrogens with one attached hydrogen (secondary N) is 1. The monoisotopic (exact) mass is 174 g/mol. The molecule has 1 aliphatic heterocycles. The second-order valence-electron chi connectivity index (χ2n) is 3.27. The quantitative estimate of drug-likeness (QED) is 0.689. The minimum Gasteiger partial charge on any atom is -0.315 e. The van der Waals surface area contributed by atoms with Gasteiger partial charge in [-0.1, -0.05) is 0 Å². The summed E-state index contributed by atoms with van der Waals surface area (Å²) in [4.78, 5) is 0. The van der Waals surface area contributed by atoms with Gasteiger partial charge >= 0.3 is 0 Å². The van der Waals surface area contributed by atoms with Crippen LogP contribution in [0.5, 0.6) is 0 Å². The third kappa shape index (κ3) is 2.15. The lowest BCUT2D eigenvalue weighted by atomic mass is 9.79. The fraction of sp³-hybridized carbons (Fsp3) is 0.875. The van der Waals surface area contributed by atoms with Crippen LogP contribution in [0.1, 0.15) is 19.3 Å². The summed E-state index contributed by atoms with van der Waals surface area (Å²) in [6, 6.07) is 2.01. The van der Waals surface area contributed by atoms with Gasteiger partial charge < -0.3 is 5.32 Å². The predicted octanol–water partition coefficient (Wildman–Crippen LogP) is 1.53. The van der Waals surface area contributed by atoms with Crippen LogP contribution in [0.25, 0.3) is 0 Å². The maximum absolute atomic E-state index is 12.1. The van der Waals surface area contributed by atoms with Crippen LogP contribution >= 0.6 is 0 Å². The molecule has 1 aliphatic rings. The number of nitriles is 1. The third-order valence-corrected chi connectivity index (χ3v) is 2.25. The van der Waals surface area contributed by atoms with Gasteiger partial charge in [-0.3, -0.25) is 0 Å².